The summed E-state index contributed by atoms with van der Waals surface area (Å²) in [4.78, 5) is 0. The van der Waals surface area contributed by atoms with E-state index in [1.807, 2.05) is 0 Å². The molecule has 0 spiro atoms. The summed E-state index contributed by atoms with van der Waals surface area (Å²) in [7, 11) is 0. The molecule has 5 heteroatoms. The SMILES string of the molecule is OCCNCC(O)c1c(F)cccc1F. The highest BCUT2D eigenvalue weighted by Crippen LogP contribution is 2.19. The van der Waals surface area contributed by atoms with Gasteiger partial charge in [-0.15, -0.1) is 0 Å². The Morgan fingerprint density at radius 3 is 2.40 bits per heavy atom. The van der Waals surface area contributed by atoms with E-state index in [4.69, 9.17) is 5.11 Å². The minimum absolute atomic E-state index is 0.00157. The van der Waals surface area contributed by atoms with Gasteiger partial charge in [0, 0.05) is 13.1 Å². The predicted octanol–water partition coefficient (Wildman–Crippen LogP) is 0.580. The van der Waals surface area contributed by atoms with Gasteiger partial charge in [-0.3, -0.25) is 0 Å². The number of aliphatic hydroxyl groups excluding tert-OH is 2. The quantitative estimate of drug-likeness (QED) is 0.632. The Hall–Kier alpha value is -1.04. The second kappa shape index (κ2) is 5.75. The van der Waals surface area contributed by atoms with Crippen LogP contribution in [0.1, 0.15) is 11.7 Å². The van der Waals surface area contributed by atoms with E-state index in [0.29, 0.717) is 0 Å². The fourth-order valence-electron chi connectivity index (χ4n) is 1.25. The Labute approximate surface area is 86.4 Å². The third-order valence-corrected chi connectivity index (χ3v) is 1.96. The van der Waals surface area contributed by atoms with Gasteiger partial charge >= 0.3 is 0 Å². The highest BCUT2D eigenvalue weighted by atomic mass is 19.1. The first-order chi connectivity index (χ1) is 7.16. The van der Waals surface area contributed by atoms with Crippen LogP contribution in [0.5, 0.6) is 0 Å². The predicted molar refractivity (Wildman–Crippen MR) is 51.3 cm³/mol. The first-order valence-corrected chi connectivity index (χ1v) is 4.60. The molecule has 1 aromatic carbocycles. The Bertz CT molecular complexity index is 300. The molecule has 84 valence electrons. The van der Waals surface area contributed by atoms with Gasteiger partial charge in [-0.25, -0.2) is 8.78 Å². The zero-order chi connectivity index (χ0) is 11.3. The zero-order valence-corrected chi connectivity index (χ0v) is 8.08. The zero-order valence-electron chi connectivity index (χ0n) is 8.08. The van der Waals surface area contributed by atoms with Gasteiger partial charge in [0.1, 0.15) is 11.6 Å². The third kappa shape index (κ3) is 3.23. The minimum Gasteiger partial charge on any atom is -0.395 e. The molecule has 0 heterocycles. The van der Waals surface area contributed by atoms with Gasteiger partial charge in [0.2, 0.25) is 0 Å². The minimum atomic E-state index is -1.25. The number of halogens is 2. The van der Waals surface area contributed by atoms with Crippen molar-refractivity contribution in [2.75, 3.05) is 19.7 Å². The van der Waals surface area contributed by atoms with Gasteiger partial charge in [-0.05, 0) is 12.1 Å². The third-order valence-electron chi connectivity index (χ3n) is 1.96. The normalized spacial score (nSPS) is 12.8. The van der Waals surface area contributed by atoms with Crippen LogP contribution in [-0.2, 0) is 0 Å². The molecule has 3 nitrogen and oxygen atoms in total. The lowest BCUT2D eigenvalue weighted by Crippen LogP contribution is -2.25. The lowest BCUT2D eigenvalue weighted by molar-refractivity contribution is 0.161. The first kappa shape index (κ1) is 12.0. The molecule has 1 rings (SSSR count). The summed E-state index contributed by atoms with van der Waals surface area (Å²) in [5.74, 6) is -1.54. The van der Waals surface area contributed by atoms with Crippen LogP contribution in [0.4, 0.5) is 8.78 Å². The molecule has 0 radical (unpaired) electrons. The van der Waals surface area contributed by atoms with Gasteiger partial charge in [-0.1, -0.05) is 6.07 Å². The molecule has 0 fully saturated rings. The van der Waals surface area contributed by atoms with Crippen molar-refractivity contribution in [3.05, 3.63) is 35.4 Å². The molecule has 15 heavy (non-hydrogen) atoms. The summed E-state index contributed by atoms with van der Waals surface area (Å²) in [6, 6.07) is 3.42. The van der Waals surface area contributed by atoms with E-state index in [-0.39, 0.29) is 25.3 Å². The molecule has 3 N–H and O–H groups in total. The van der Waals surface area contributed by atoms with Crippen LogP contribution in [0.25, 0.3) is 0 Å². The molecule has 1 unspecified atom stereocenters. The molecule has 1 atom stereocenters. The highest BCUT2D eigenvalue weighted by molar-refractivity contribution is 5.22. The van der Waals surface area contributed by atoms with Crippen molar-refractivity contribution in [3.8, 4) is 0 Å². The van der Waals surface area contributed by atoms with E-state index >= 15 is 0 Å². The van der Waals surface area contributed by atoms with Crippen molar-refractivity contribution in [1.29, 1.82) is 0 Å². The van der Waals surface area contributed by atoms with Crippen LogP contribution >= 0.6 is 0 Å². The van der Waals surface area contributed by atoms with Crippen LogP contribution in [0, 0.1) is 11.6 Å². The second-order valence-corrected chi connectivity index (χ2v) is 3.08. The molecule has 0 saturated carbocycles. The number of benzene rings is 1. The lowest BCUT2D eigenvalue weighted by atomic mass is 10.1. The van der Waals surface area contributed by atoms with E-state index < -0.39 is 17.7 Å². The van der Waals surface area contributed by atoms with Crippen molar-refractivity contribution in [2.24, 2.45) is 0 Å². The van der Waals surface area contributed by atoms with Crippen LogP contribution in [0.3, 0.4) is 0 Å². The van der Waals surface area contributed by atoms with Gasteiger partial charge in [0.15, 0.2) is 0 Å². The topological polar surface area (TPSA) is 52.5 Å². The number of hydrogen-bond donors (Lipinski definition) is 3. The van der Waals surface area contributed by atoms with Crippen LogP contribution in [0.15, 0.2) is 18.2 Å². The summed E-state index contributed by atoms with van der Waals surface area (Å²) in [5, 5.41) is 20.6. The Morgan fingerprint density at radius 1 is 1.27 bits per heavy atom. The van der Waals surface area contributed by atoms with Gasteiger partial charge in [-0.2, -0.15) is 0 Å². The average molecular weight is 217 g/mol. The molecule has 0 aromatic heterocycles. The maximum atomic E-state index is 13.1. The van der Waals surface area contributed by atoms with Crippen molar-refractivity contribution < 1.29 is 19.0 Å². The molecule has 1 aromatic rings. The van der Waals surface area contributed by atoms with Gasteiger partial charge in [0.25, 0.3) is 0 Å². The monoisotopic (exact) mass is 217 g/mol. The Kier molecular flexibility index (Phi) is 4.61. The number of aliphatic hydroxyl groups is 2. The fourth-order valence-corrected chi connectivity index (χ4v) is 1.25. The maximum Gasteiger partial charge on any atom is 0.131 e. The molecule has 0 bridgehead atoms. The first-order valence-electron chi connectivity index (χ1n) is 4.60. The highest BCUT2D eigenvalue weighted by Gasteiger charge is 2.16. The standard InChI is InChI=1S/C10H13F2NO2/c11-7-2-1-3-8(12)10(7)9(15)6-13-4-5-14/h1-3,9,13-15H,4-6H2. The van der Waals surface area contributed by atoms with Crippen molar-refractivity contribution >= 4 is 0 Å². The lowest BCUT2D eigenvalue weighted by Gasteiger charge is -2.13. The fraction of sp³-hybridized carbons (Fsp3) is 0.400. The van der Waals surface area contributed by atoms with E-state index in [1.165, 1.54) is 6.07 Å². The molecule has 0 aliphatic heterocycles. The molecule has 0 saturated heterocycles. The van der Waals surface area contributed by atoms with Crippen molar-refractivity contribution in [2.45, 2.75) is 6.10 Å². The number of nitrogens with one attached hydrogen (secondary N) is 1. The molecule has 0 aliphatic carbocycles. The van der Waals surface area contributed by atoms with Crippen molar-refractivity contribution in [1.82, 2.24) is 5.32 Å². The van der Waals surface area contributed by atoms with Crippen LogP contribution in [-0.4, -0.2) is 29.9 Å². The van der Waals surface area contributed by atoms with E-state index in [0.717, 1.165) is 12.1 Å². The van der Waals surface area contributed by atoms with E-state index in [9.17, 15) is 13.9 Å². The van der Waals surface area contributed by atoms with Gasteiger partial charge in [0.05, 0.1) is 18.3 Å². The van der Waals surface area contributed by atoms with Gasteiger partial charge < -0.3 is 15.5 Å². The molecular weight excluding hydrogens is 204 g/mol. The number of rotatable bonds is 5. The Balaban J connectivity index is 2.68. The van der Waals surface area contributed by atoms with Crippen LogP contribution < -0.4 is 5.32 Å². The smallest absolute Gasteiger partial charge is 0.131 e. The summed E-state index contributed by atoms with van der Waals surface area (Å²) < 4.78 is 26.3. The second-order valence-electron chi connectivity index (χ2n) is 3.08. The average Bonchev–Trinajstić information content (AvgIpc) is 2.18. The molecule has 0 amide bonds. The number of hydrogen-bond acceptors (Lipinski definition) is 3. The summed E-state index contributed by atoms with van der Waals surface area (Å²) in [5.41, 5.74) is -0.345. The van der Waals surface area contributed by atoms with Crippen LogP contribution in [0.2, 0.25) is 0 Å². The largest absolute Gasteiger partial charge is 0.395 e. The Morgan fingerprint density at radius 2 is 1.87 bits per heavy atom. The summed E-state index contributed by atoms with van der Waals surface area (Å²) in [6.45, 7) is 0.179. The van der Waals surface area contributed by atoms with Crippen molar-refractivity contribution in [3.63, 3.8) is 0 Å². The maximum absolute atomic E-state index is 13.1. The summed E-state index contributed by atoms with van der Waals surface area (Å²) >= 11 is 0. The molecule has 0 aliphatic rings. The van der Waals surface area contributed by atoms with E-state index in [1.54, 1.807) is 0 Å². The summed E-state index contributed by atoms with van der Waals surface area (Å²) in [6.07, 6.45) is -1.25. The van der Waals surface area contributed by atoms with E-state index in [2.05, 4.69) is 5.32 Å². The molecular formula is C10H13F2NO2.